The summed E-state index contributed by atoms with van der Waals surface area (Å²) in [6, 6.07) is 0. The minimum absolute atomic E-state index is 1.03. The van der Waals surface area contributed by atoms with Crippen LogP contribution >= 0.6 is 0 Å². The van der Waals surface area contributed by atoms with Crippen molar-refractivity contribution in [3.05, 3.63) is 0 Å². The first kappa shape index (κ1) is 7.11. The molecule has 0 nitrogen and oxygen atoms in total. The predicted octanol–water partition coefficient (Wildman–Crippen LogP) is 3.22. The Kier molecular flexibility index (Phi) is 2.56. The first-order valence-corrected chi connectivity index (χ1v) is 4.34. The molecule has 1 fully saturated rings. The molecule has 54 valence electrons. The zero-order valence-electron chi connectivity index (χ0n) is 6.69. The van der Waals surface area contributed by atoms with Crippen LogP contribution < -0.4 is 0 Å². The second-order valence-electron chi connectivity index (χ2n) is 3.46. The second kappa shape index (κ2) is 3.24. The van der Waals surface area contributed by atoms with Gasteiger partial charge < -0.3 is 0 Å². The van der Waals surface area contributed by atoms with Crippen molar-refractivity contribution in [1.29, 1.82) is 0 Å². The summed E-state index contributed by atoms with van der Waals surface area (Å²) in [6.07, 6.45) is 7.35. The van der Waals surface area contributed by atoms with Crippen LogP contribution in [0.5, 0.6) is 0 Å². The lowest BCUT2D eigenvalue weighted by molar-refractivity contribution is 0.388. The van der Waals surface area contributed by atoms with E-state index in [1.165, 1.54) is 32.1 Å². The summed E-state index contributed by atoms with van der Waals surface area (Å²) in [6.45, 7) is 4.71. The summed E-state index contributed by atoms with van der Waals surface area (Å²) >= 11 is 0. The van der Waals surface area contributed by atoms with Crippen LogP contribution in [0.25, 0.3) is 0 Å². The Hall–Kier alpha value is 0. The van der Waals surface area contributed by atoms with Gasteiger partial charge in [0.1, 0.15) is 0 Å². The fourth-order valence-corrected chi connectivity index (χ4v) is 2.02. The third-order valence-electron chi connectivity index (χ3n) is 2.70. The molecule has 1 rings (SSSR count). The van der Waals surface area contributed by atoms with E-state index in [-0.39, 0.29) is 0 Å². The van der Waals surface area contributed by atoms with Crippen LogP contribution in [0, 0.1) is 11.8 Å². The quantitative estimate of drug-likeness (QED) is 0.533. The first-order valence-electron chi connectivity index (χ1n) is 4.34. The van der Waals surface area contributed by atoms with Crippen molar-refractivity contribution in [3.63, 3.8) is 0 Å². The minimum Gasteiger partial charge on any atom is -0.0654 e. The Morgan fingerprint density at radius 1 is 1.33 bits per heavy atom. The molecule has 0 bridgehead atoms. The van der Waals surface area contributed by atoms with E-state index in [1.54, 1.807) is 0 Å². The van der Waals surface area contributed by atoms with Crippen molar-refractivity contribution in [2.75, 3.05) is 0 Å². The van der Waals surface area contributed by atoms with Gasteiger partial charge in [-0.15, -0.1) is 0 Å². The number of hydrogen-bond acceptors (Lipinski definition) is 0. The van der Waals surface area contributed by atoms with Crippen molar-refractivity contribution in [3.8, 4) is 0 Å². The van der Waals surface area contributed by atoms with E-state index < -0.39 is 0 Å². The van der Waals surface area contributed by atoms with Gasteiger partial charge in [-0.25, -0.2) is 0 Å². The van der Waals surface area contributed by atoms with Gasteiger partial charge in [-0.2, -0.15) is 0 Å². The van der Waals surface area contributed by atoms with Gasteiger partial charge in [0.15, 0.2) is 0 Å². The van der Waals surface area contributed by atoms with Crippen LogP contribution in [0.15, 0.2) is 0 Å². The largest absolute Gasteiger partial charge is 0.0654 e. The molecule has 0 radical (unpaired) electrons. The summed E-state index contributed by atoms with van der Waals surface area (Å²) in [5, 5.41) is 0. The standard InChI is InChI=1S/C9H18/c1-3-5-9-7-4-6-8(9)2/h8-9H,3-7H2,1-2H3/t8-,9?/m1/s1. The van der Waals surface area contributed by atoms with E-state index in [0.29, 0.717) is 0 Å². The van der Waals surface area contributed by atoms with E-state index in [2.05, 4.69) is 13.8 Å². The average molecular weight is 126 g/mol. The van der Waals surface area contributed by atoms with Crippen molar-refractivity contribution in [2.24, 2.45) is 11.8 Å². The Morgan fingerprint density at radius 3 is 2.56 bits per heavy atom. The molecule has 0 aromatic carbocycles. The minimum atomic E-state index is 1.03. The molecule has 1 saturated carbocycles. The highest BCUT2D eigenvalue weighted by Gasteiger charge is 2.21. The fourth-order valence-electron chi connectivity index (χ4n) is 2.02. The summed E-state index contributed by atoms with van der Waals surface area (Å²) in [4.78, 5) is 0. The van der Waals surface area contributed by atoms with Crippen LogP contribution in [-0.4, -0.2) is 0 Å². The lowest BCUT2D eigenvalue weighted by Gasteiger charge is -2.12. The Labute approximate surface area is 58.7 Å². The van der Waals surface area contributed by atoms with Gasteiger partial charge in [0.2, 0.25) is 0 Å². The molecule has 1 aliphatic carbocycles. The topological polar surface area (TPSA) is 0 Å². The van der Waals surface area contributed by atoms with E-state index in [0.717, 1.165) is 11.8 Å². The molecule has 1 unspecified atom stereocenters. The maximum atomic E-state index is 2.41. The Morgan fingerprint density at radius 2 is 2.11 bits per heavy atom. The lowest BCUT2D eigenvalue weighted by atomic mass is 9.94. The number of rotatable bonds is 2. The third kappa shape index (κ3) is 1.70. The highest BCUT2D eigenvalue weighted by Crippen LogP contribution is 2.33. The van der Waals surface area contributed by atoms with Crippen molar-refractivity contribution >= 4 is 0 Å². The molecule has 0 heteroatoms. The molecule has 0 aromatic heterocycles. The van der Waals surface area contributed by atoms with Crippen molar-refractivity contribution < 1.29 is 0 Å². The monoisotopic (exact) mass is 126 g/mol. The van der Waals surface area contributed by atoms with Gasteiger partial charge in [-0.3, -0.25) is 0 Å². The molecule has 1 aliphatic rings. The number of hydrogen-bond donors (Lipinski definition) is 0. The molecule has 0 spiro atoms. The van der Waals surface area contributed by atoms with Crippen LogP contribution in [0.2, 0.25) is 0 Å². The summed E-state index contributed by atoms with van der Waals surface area (Å²) in [7, 11) is 0. The van der Waals surface area contributed by atoms with Crippen LogP contribution in [-0.2, 0) is 0 Å². The van der Waals surface area contributed by atoms with E-state index >= 15 is 0 Å². The normalized spacial score (nSPS) is 35.3. The molecule has 0 aromatic rings. The molecule has 0 amide bonds. The molecule has 9 heavy (non-hydrogen) atoms. The predicted molar refractivity (Wildman–Crippen MR) is 41.4 cm³/mol. The van der Waals surface area contributed by atoms with Gasteiger partial charge >= 0.3 is 0 Å². The maximum absolute atomic E-state index is 2.41. The van der Waals surface area contributed by atoms with Gasteiger partial charge in [-0.05, 0) is 11.8 Å². The second-order valence-corrected chi connectivity index (χ2v) is 3.46. The SMILES string of the molecule is CCCC1CCC[C@H]1C. The van der Waals surface area contributed by atoms with E-state index in [9.17, 15) is 0 Å². The van der Waals surface area contributed by atoms with Crippen LogP contribution in [0.3, 0.4) is 0 Å². The van der Waals surface area contributed by atoms with Crippen LogP contribution in [0.4, 0.5) is 0 Å². The summed E-state index contributed by atoms with van der Waals surface area (Å²) in [5.41, 5.74) is 0. The van der Waals surface area contributed by atoms with Crippen molar-refractivity contribution in [2.45, 2.75) is 46.0 Å². The third-order valence-corrected chi connectivity index (χ3v) is 2.70. The molecule has 2 atom stereocenters. The highest BCUT2D eigenvalue weighted by atomic mass is 14.3. The fraction of sp³-hybridized carbons (Fsp3) is 1.00. The Balaban J connectivity index is 2.22. The van der Waals surface area contributed by atoms with Crippen LogP contribution in [0.1, 0.15) is 46.0 Å². The van der Waals surface area contributed by atoms with Gasteiger partial charge in [-0.1, -0.05) is 46.0 Å². The van der Waals surface area contributed by atoms with Gasteiger partial charge in [0.05, 0.1) is 0 Å². The van der Waals surface area contributed by atoms with Gasteiger partial charge in [0.25, 0.3) is 0 Å². The molecule has 0 heterocycles. The molecular weight excluding hydrogens is 108 g/mol. The first-order chi connectivity index (χ1) is 4.34. The Bertz CT molecular complexity index is 76.1. The summed E-state index contributed by atoms with van der Waals surface area (Å²) < 4.78 is 0. The average Bonchev–Trinajstić information content (AvgIpc) is 2.18. The van der Waals surface area contributed by atoms with E-state index in [1.807, 2.05) is 0 Å². The zero-order chi connectivity index (χ0) is 6.69. The molecular formula is C9H18. The highest BCUT2D eigenvalue weighted by molar-refractivity contribution is 4.73. The van der Waals surface area contributed by atoms with Gasteiger partial charge in [0, 0.05) is 0 Å². The molecule has 0 saturated heterocycles. The zero-order valence-corrected chi connectivity index (χ0v) is 6.69. The molecule has 0 aliphatic heterocycles. The smallest absolute Gasteiger partial charge is 0.0389 e. The summed E-state index contributed by atoms with van der Waals surface area (Å²) in [5.74, 6) is 2.11. The molecule has 0 N–H and O–H groups in total. The maximum Gasteiger partial charge on any atom is -0.0389 e. The van der Waals surface area contributed by atoms with Crippen molar-refractivity contribution in [1.82, 2.24) is 0 Å². The lowest BCUT2D eigenvalue weighted by Crippen LogP contribution is -2.02. The van der Waals surface area contributed by atoms with E-state index in [4.69, 9.17) is 0 Å².